The van der Waals surface area contributed by atoms with Crippen LogP contribution in [0.5, 0.6) is 0 Å². The zero-order chi connectivity index (χ0) is 15.1. The largest absolute Gasteiger partial charge is 0.326 e. The number of amides is 1. The molecule has 1 heterocycles. The van der Waals surface area contributed by atoms with E-state index in [1.165, 1.54) is 6.20 Å². The van der Waals surface area contributed by atoms with Crippen molar-refractivity contribution in [3.63, 3.8) is 0 Å². The summed E-state index contributed by atoms with van der Waals surface area (Å²) in [6.07, 6.45) is 4.89. The number of H-pyrrole nitrogens is 1. The molecule has 2 rings (SSSR count). The minimum atomic E-state index is -0.237. The molecule has 2 N–H and O–H groups in total. The molecule has 1 aromatic heterocycles. The standard InChI is InChI=1S/C15H16ClN3O2/c16-8-2-1-3-14(20)19-12-6-4-11(5-7-12)13-9-18-15(21)10-17-13/h4-7,9-10H,1-3,8H2,(H,18,21)(H,19,20). The van der Waals surface area contributed by atoms with Crippen LogP contribution in [0.4, 0.5) is 5.69 Å². The molecule has 0 radical (unpaired) electrons. The van der Waals surface area contributed by atoms with Crippen molar-refractivity contribution in [3.8, 4) is 11.3 Å². The summed E-state index contributed by atoms with van der Waals surface area (Å²) in [4.78, 5) is 29.3. The highest BCUT2D eigenvalue weighted by Crippen LogP contribution is 2.18. The van der Waals surface area contributed by atoms with Gasteiger partial charge in [-0.15, -0.1) is 11.6 Å². The smallest absolute Gasteiger partial charge is 0.266 e. The predicted octanol–water partition coefficient (Wildman–Crippen LogP) is 2.78. The molecule has 0 aliphatic rings. The number of carbonyl (C=O) groups is 1. The van der Waals surface area contributed by atoms with Crippen molar-refractivity contribution in [3.05, 3.63) is 47.0 Å². The molecular formula is C15H16ClN3O2. The highest BCUT2D eigenvalue weighted by atomic mass is 35.5. The highest BCUT2D eigenvalue weighted by Gasteiger charge is 2.03. The van der Waals surface area contributed by atoms with Crippen LogP contribution in [0.15, 0.2) is 41.5 Å². The number of hydrogen-bond acceptors (Lipinski definition) is 3. The molecule has 0 atom stereocenters. The summed E-state index contributed by atoms with van der Waals surface area (Å²) in [7, 11) is 0. The summed E-state index contributed by atoms with van der Waals surface area (Å²) >= 11 is 5.57. The van der Waals surface area contributed by atoms with Gasteiger partial charge in [-0.1, -0.05) is 12.1 Å². The molecule has 0 unspecified atom stereocenters. The van der Waals surface area contributed by atoms with Gasteiger partial charge in [-0.3, -0.25) is 9.59 Å². The maximum Gasteiger partial charge on any atom is 0.266 e. The molecule has 0 aliphatic heterocycles. The first-order chi connectivity index (χ1) is 10.2. The van der Waals surface area contributed by atoms with Crippen molar-refractivity contribution in [2.75, 3.05) is 11.2 Å². The van der Waals surface area contributed by atoms with Crippen LogP contribution in [0.3, 0.4) is 0 Å². The predicted molar refractivity (Wildman–Crippen MR) is 83.5 cm³/mol. The Kier molecular flexibility index (Phi) is 5.51. The molecule has 5 nitrogen and oxygen atoms in total. The first kappa shape index (κ1) is 15.3. The summed E-state index contributed by atoms with van der Waals surface area (Å²) in [5, 5.41) is 2.83. The van der Waals surface area contributed by atoms with Crippen LogP contribution in [-0.4, -0.2) is 21.8 Å². The Morgan fingerprint density at radius 1 is 1.24 bits per heavy atom. The summed E-state index contributed by atoms with van der Waals surface area (Å²) in [5.41, 5.74) is 2.04. The van der Waals surface area contributed by atoms with Gasteiger partial charge in [0, 0.05) is 29.7 Å². The molecule has 0 saturated heterocycles. The molecule has 21 heavy (non-hydrogen) atoms. The number of unbranched alkanes of at least 4 members (excludes halogenated alkanes) is 1. The second-order valence-electron chi connectivity index (χ2n) is 4.57. The van der Waals surface area contributed by atoms with E-state index >= 15 is 0 Å². The number of rotatable bonds is 6. The van der Waals surface area contributed by atoms with Crippen LogP contribution < -0.4 is 10.9 Å². The molecule has 0 spiro atoms. The van der Waals surface area contributed by atoms with Gasteiger partial charge in [0.25, 0.3) is 5.56 Å². The summed E-state index contributed by atoms with van der Waals surface area (Å²) in [6.45, 7) is 0. The number of aromatic nitrogens is 2. The lowest BCUT2D eigenvalue weighted by atomic mass is 10.1. The summed E-state index contributed by atoms with van der Waals surface area (Å²) in [6, 6.07) is 7.30. The molecule has 0 fully saturated rings. The molecular weight excluding hydrogens is 290 g/mol. The molecule has 0 bridgehead atoms. The van der Waals surface area contributed by atoms with Gasteiger partial charge in [0.1, 0.15) is 0 Å². The van der Waals surface area contributed by atoms with E-state index in [9.17, 15) is 9.59 Å². The number of benzene rings is 1. The summed E-state index contributed by atoms with van der Waals surface area (Å²) in [5.74, 6) is 0.559. The Morgan fingerprint density at radius 2 is 2.00 bits per heavy atom. The normalized spacial score (nSPS) is 10.3. The van der Waals surface area contributed by atoms with E-state index in [-0.39, 0.29) is 11.5 Å². The van der Waals surface area contributed by atoms with Crippen LogP contribution >= 0.6 is 11.6 Å². The SMILES string of the molecule is O=C(CCCCCl)Nc1ccc(-c2c[nH]c(=O)cn2)cc1. The van der Waals surface area contributed by atoms with E-state index in [0.29, 0.717) is 18.0 Å². The fourth-order valence-electron chi connectivity index (χ4n) is 1.83. The van der Waals surface area contributed by atoms with Crippen LogP contribution in [0.25, 0.3) is 11.3 Å². The Labute approximate surface area is 127 Å². The first-order valence-corrected chi connectivity index (χ1v) is 7.23. The average molecular weight is 306 g/mol. The average Bonchev–Trinajstić information content (AvgIpc) is 2.49. The molecule has 1 amide bonds. The van der Waals surface area contributed by atoms with E-state index in [1.54, 1.807) is 6.20 Å². The van der Waals surface area contributed by atoms with E-state index in [4.69, 9.17) is 11.6 Å². The minimum absolute atomic E-state index is 0.0185. The number of carbonyl (C=O) groups excluding carboxylic acids is 1. The minimum Gasteiger partial charge on any atom is -0.326 e. The fraction of sp³-hybridized carbons (Fsp3) is 0.267. The number of anilines is 1. The zero-order valence-electron chi connectivity index (χ0n) is 11.4. The van der Waals surface area contributed by atoms with Crippen molar-refractivity contribution >= 4 is 23.2 Å². The van der Waals surface area contributed by atoms with Crippen LogP contribution in [0.1, 0.15) is 19.3 Å². The number of aromatic amines is 1. The van der Waals surface area contributed by atoms with Crippen LogP contribution in [0.2, 0.25) is 0 Å². The number of nitrogens with zero attached hydrogens (tertiary/aromatic N) is 1. The van der Waals surface area contributed by atoms with E-state index < -0.39 is 0 Å². The number of halogens is 1. The Bertz CT molecular complexity index is 632. The number of alkyl halides is 1. The van der Waals surface area contributed by atoms with Crippen molar-refractivity contribution < 1.29 is 4.79 Å². The van der Waals surface area contributed by atoms with Gasteiger partial charge in [0.15, 0.2) is 0 Å². The van der Waals surface area contributed by atoms with Crippen molar-refractivity contribution in [1.82, 2.24) is 9.97 Å². The van der Waals surface area contributed by atoms with E-state index in [1.807, 2.05) is 24.3 Å². The van der Waals surface area contributed by atoms with Gasteiger partial charge < -0.3 is 10.3 Å². The van der Waals surface area contributed by atoms with Crippen LogP contribution in [-0.2, 0) is 4.79 Å². The van der Waals surface area contributed by atoms with Crippen molar-refractivity contribution in [2.45, 2.75) is 19.3 Å². The van der Waals surface area contributed by atoms with Crippen molar-refractivity contribution in [2.24, 2.45) is 0 Å². The third kappa shape index (κ3) is 4.72. The van der Waals surface area contributed by atoms with E-state index in [0.717, 1.165) is 24.1 Å². The lowest BCUT2D eigenvalue weighted by molar-refractivity contribution is -0.116. The topological polar surface area (TPSA) is 74.8 Å². The quantitative estimate of drug-likeness (QED) is 0.636. The van der Waals surface area contributed by atoms with E-state index in [2.05, 4.69) is 15.3 Å². The second-order valence-corrected chi connectivity index (χ2v) is 4.95. The first-order valence-electron chi connectivity index (χ1n) is 6.70. The molecule has 1 aromatic carbocycles. The Hall–Kier alpha value is -2.14. The van der Waals surface area contributed by atoms with Crippen LogP contribution in [0, 0.1) is 0 Å². The van der Waals surface area contributed by atoms with Crippen molar-refractivity contribution in [1.29, 1.82) is 0 Å². The lowest BCUT2D eigenvalue weighted by Gasteiger charge is -2.06. The molecule has 2 aromatic rings. The number of hydrogen-bond donors (Lipinski definition) is 2. The third-order valence-corrected chi connectivity index (χ3v) is 3.19. The maximum absolute atomic E-state index is 11.7. The Balaban J connectivity index is 1.97. The second kappa shape index (κ2) is 7.59. The molecule has 110 valence electrons. The van der Waals surface area contributed by atoms with Gasteiger partial charge in [-0.25, -0.2) is 4.98 Å². The van der Waals surface area contributed by atoms with Gasteiger partial charge in [-0.2, -0.15) is 0 Å². The zero-order valence-corrected chi connectivity index (χ0v) is 12.2. The highest BCUT2D eigenvalue weighted by molar-refractivity contribution is 6.17. The molecule has 0 saturated carbocycles. The van der Waals surface area contributed by atoms with Gasteiger partial charge in [0.2, 0.25) is 5.91 Å². The molecule has 6 heteroatoms. The number of nitrogens with one attached hydrogen (secondary N) is 2. The monoisotopic (exact) mass is 305 g/mol. The maximum atomic E-state index is 11.7. The third-order valence-electron chi connectivity index (χ3n) is 2.92. The molecule has 0 aliphatic carbocycles. The van der Waals surface area contributed by atoms with Gasteiger partial charge in [-0.05, 0) is 25.0 Å². The summed E-state index contributed by atoms with van der Waals surface area (Å²) < 4.78 is 0. The fourth-order valence-corrected chi connectivity index (χ4v) is 2.02. The van der Waals surface area contributed by atoms with Gasteiger partial charge in [0.05, 0.1) is 11.9 Å². The van der Waals surface area contributed by atoms with Gasteiger partial charge >= 0.3 is 0 Å². The Morgan fingerprint density at radius 3 is 2.62 bits per heavy atom. The lowest BCUT2D eigenvalue weighted by Crippen LogP contribution is -2.11.